The first-order valence-corrected chi connectivity index (χ1v) is 18.5. The van der Waals surface area contributed by atoms with Gasteiger partial charge >= 0.3 is 0 Å². The van der Waals surface area contributed by atoms with E-state index in [0.717, 1.165) is 56.8 Å². The number of hydrogen-bond acceptors (Lipinski definition) is 5. The largest absolute Gasteiger partial charge is 0.384 e. The highest BCUT2D eigenvalue weighted by atomic mass is 19.1. The van der Waals surface area contributed by atoms with Gasteiger partial charge in [0.2, 0.25) is 0 Å². The fraction of sp³-hybridized carbons (Fsp3) is 0.816. The lowest BCUT2D eigenvalue weighted by Gasteiger charge is -2.48. The summed E-state index contributed by atoms with van der Waals surface area (Å²) < 4.78 is 13.9. The van der Waals surface area contributed by atoms with E-state index in [0.29, 0.717) is 61.2 Å². The molecule has 6 aliphatic rings. The molecule has 44 heavy (non-hydrogen) atoms. The number of piperidine rings is 1. The number of likely N-dealkylation sites (tertiary alicyclic amines) is 1. The number of rotatable bonds is 10. The standard InChI is InChI=1S/C38H60FN3O2/c1-5-7-27-20-31(26-10-12-29(39)13-11-26)32(25-8-9-25)21-28(27)23-41-17-14-30(15-18-41)42-19-16-35-33(38(42)44)22-34(36(43)6-2)37(40-35)24(3)4/h10,20,24-25,27-30,32,34,37-38,40,44H,5-9,11-19,21-23H2,1-4H3/t27-,28?,29-,32+,34+,37-,38+/m0/s1. The van der Waals surface area contributed by atoms with Crippen molar-refractivity contribution < 1.29 is 14.3 Å². The zero-order chi connectivity index (χ0) is 31.0. The molecule has 3 aliphatic heterocycles. The minimum atomic E-state index is -0.645. The summed E-state index contributed by atoms with van der Waals surface area (Å²) in [7, 11) is 0. The van der Waals surface area contributed by atoms with Crippen LogP contribution in [0.15, 0.2) is 34.6 Å². The van der Waals surface area contributed by atoms with E-state index in [4.69, 9.17) is 0 Å². The number of nitrogens with one attached hydrogen (secondary N) is 1. The first-order chi connectivity index (χ1) is 21.3. The fourth-order valence-electron chi connectivity index (χ4n) is 9.63. The second kappa shape index (κ2) is 14.1. The highest BCUT2D eigenvalue weighted by Crippen LogP contribution is 2.51. The molecule has 0 aromatic rings. The SMILES string of the molecule is CCC[C@H]1C=C(C2=CC[C@H](F)CC2)[C@@H](C2CC2)CC1CN1CCC(N2CCC3=C(C[C@H](C(=O)CC)[C@H](C(C)C)N3)[C@H]2O)CC1. The predicted octanol–water partition coefficient (Wildman–Crippen LogP) is 7.18. The van der Waals surface area contributed by atoms with Gasteiger partial charge in [0.15, 0.2) is 0 Å². The Morgan fingerprint density at radius 1 is 1.09 bits per heavy atom. The van der Waals surface area contributed by atoms with Gasteiger partial charge in [-0.15, -0.1) is 0 Å². The third kappa shape index (κ3) is 6.93. The summed E-state index contributed by atoms with van der Waals surface area (Å²) in [5, 5.41) is 15.4. The van der Waals surface area contributed by atoms with E-state index in [1.165, 1.54) is 49.9 Å². The molecular formula is C38H60FN3O2. The third-order valence-electron chi connectivity index (χ3n) is 12.3. The second-order valence-corrected chi connectivity index (χ2v) is 15.6. The molecule has 246 valence electrons. The van der Waals surface area contributed by atoms with Gasteiger partial charge < -0.3 is 15.3 Å². The highest BCUT2D eigenvalue weighted by molar-refractivity contribution is 5.82. The van der Waals surface area contributed by atoms with E-state index in [1.807, 2.05) is 6.92 Å². The first kappa shape index (κ1) is 32.4. The topological polar surface area (TPSA) is 55.8 Å². The molecule has 0 amide bonds. The Morgan fingerprint density at radius 2 is 1.86 bits per heavy atom. The van der Waals surface area contributed by atoms with Gasteiger partial charge in [-0.05, 0) is 124 Å². The summed E-state index contributed by atoms with van der Waals surface area (Å²) in [6.07, 6.45) is 16.9. The number of carbonyl (C=O) groups is 1. The van der Waals surface area contributed by atoms with Crippen molar-refractivity contribution in [2.45, 2.75) is 136 Å². The average molecular weight is 610 g/mol. The van der Waals surface area contributed by atoms with E-state index < -0.39 is 12.4 Å². The third-order valence-corrected chi connectivity index (χ3v) is 12.3. The number of aliphatic hydroxyl groups is 1. The van der Waals surface area contributed by atoms with E-state index in [2.05, 4.69) is 48.0 Å². The number of allylic oxidation sites excluding steroid dienone is 4. The van der Waals surface area contributed by atoms with Crippen LogP contribution in [0.5, 0.6) is 0 Å². The van der Waals surface area contributed by atoms with Crippen molar-refractivity contribution in [2.24, 2.45) is 35.5 Å². The van der Waals surface area contributed by atoms with Gasteiger partial charge in [-0.25, -0.2) is 4.39 Å². The molecule has 7 atom stereocenters. The number of ketones is 1. The van der Waals surface area contributed by atoms with Crippen LogP contribution in [-0.4, -0.2) is 71.4 Å². The minimum Gasteiger partial charge on any atom is -0.384 e. The van der Waals surface area contributed by atoms with Gasteiger partial charge in [-0.3, -0.25) is 9.69 Å². The van der Waals surface area contributed by atoms with Crippen LogP contribution >= 0.6 is 0 Å². The van der Waals surface area contributed by atoms with Gasteiger partial charge in [0.1, 0.15) is 18.2 Å². The molecule has 0 spiro atoms. The average Bonchev–Trinajstić information content (AvgIpc) is 3.88. The Balaban J connectivity index is 1.08. The maximum absolute atomic E-state index is 13.9. The van der Waals surface area contributed by atoms with E-state index in [9.17, 15) is 14.3 Å². The van der Waals surface area contributed by atoms with Crippen molar-refractivity contribution >= 4 is 5.78 Å². The summed E-state index contributed by atoms with van der Waals surface area (Å²) in [6, 6.07) is 0.575. The Kier molecular flexibility index (Phi) is 10.4. The lowest BCUT2D eigenvalue weighted by atomic mass is 9.68. The van der Waals surface area contributed by atoms with E-state index >= 15 is 0 Å². The summed E-state index contributed by atoms with van der Waals surface area (Å²) in [5.74, 6) is 3.54. The molecule has 6 rings (SSSR count). The van der Waals surface area contributed by atoms with Crippen LogP contribution in [-0.2, 0) is 4.79 Å². The summed E-state index contributed by atoms with van der Waals surface area (Å²) >= 11 is 0. The summed E-state index contributed by atoms with van der Waals surface area (Å²) in [6.45, 7) is 13.0. The Morgan fingerprint density at radius 3 is 2.50 bits per heavy atom. The van der Waals surface area contributed by atoms with Crippen molar-refractivity contribution in [1.82, 2.24) is 15.1 Å². The molecule has 1 saturated heterocycles. The molecule has 3 aliphatic carbocycles. The van der Waals surface area contributed by atoms with Crippen LogP contribution in [0.3, 0.4) is 0 Å². The van der Waals surface area contributed by atoms with Crippen LogP contribution in [0, 0.1) is 35.5 Å². The normalized spacial score (nSPS) is 36.1. The van der Waals surface area contributed by atoms with Crippen molar-refractivity contribution in [3.8, 4) is 0 Å². The summed E-state index contributed by atoms with van der Waals surface area (Å²) in [4.78, 5) is 18.0. The first-order valence-electron chi connectivity index (χ1n) is 18.5. The van der Waals surface area contributed by atoms with Crippen LogP contribution in [0.4, 0.5) is 4.39 Å². The zero-order valence-corrected chi connectivity index (χ0v) is 28.1. The molecule has 6 heteroatoms. The maximum atomic E-state index is 13.9. The zero-order valence-electron chi connectivity index (χ0n) is 28.1. The van der Waals surface area contributed by atoms with Crippen LogP contribution in [0.1, 0.15) is 111 Å². The quantitative estimate of drug-likeness (QED) is 0.275. The number of Topliss-reactive ketones (excluding diaryl/α,β-unsaturated/α-hetero) is 1. The van der Waals surface area contributed by atoms with Crippen LogP contribution in [0.25, 0.3) is 0 Å². The molecule has 2 fully saturated rings. The number of hydrogen-bond donors (Lipinski definition) is 2. The molecule has 1 saturated carbocycles. The fourth-order valence-corrected chi connectivity index (χ4v) is 9.63. The van der Waals surface area contributed by atoms with Gasteiger partial charge in [0, 0.05) is 49.6 Å². The van der Waals surface area contributed by atoms with Crippen molar-refractivity contribution in [1.29, 1.82) is 0 Å². The molecule has 0 bridgehead atoms. The van der Waals surface area contributed by atoms with Gasteiger partial charge in [0.25, 0.3) is 0 Å². The van der Waals surface area contributed by atoms with E-state index in [-0.39, 0.29) is 12.0 Å². The molecule has 0 radical (unpaired) electrons. The van der Waals surface area contributed by atoms with Crippen LogP contribution < -0.4 is 5.32 Å². The Hall–Kier alpha value is -1.50. The number of carbonyl (C=O) groups excluding carboxylic acids is 1. The summed E-state index contributed by atoms with van der Waals surface area (Å²) in [5.41, 5.74) is 5.37. The number of halogens is 1. The molecule has 3 heterocycles. The lowest BCUT2D eigenvalue weighted by Crippen LogP contribution is -2.56. The monoisotopic (exact) mass is 609 g/mol. The highest BCUT2D eigenvalue weighted by Gasteiger charge is 2.44. The van der Waals surface area contributed by atoms with Gasteiger partial charge in [0.05, 0.1) is 0 Å². The second-order valence-electron chi connectivity index (χ2n) is 15.6. The van der Waals surface area contributed by atoms with E-state index in [1.54, 1.807) is 5.57 Å². The van der Waals surface area contributed by atoms with Gasteiger partial charge in [-0.2, -0.15) is 0 Å². The minimum absolute atomic E-state index is 0.0363. The molecule has 1 unspecified atom stereocenters. The molecule has 0 aromatic carbocycles. The predicted molar refractivity (Wildman–Crippen MR) is 177 cm³/mol. The Bertz CT molecular complexity index is 1120. The number of alkyl halides is 1. The van der Waals surface area contributed by atoms with Gasteiger partial charge in [-0.1, -0.05) is 46.3 Å². The Labute approximate surface area is 266 Å². The van der Waals surface area contributed by atoms with Crippen molar-refractivity contribution in [2.75, 3.05) is 26.2 Å². The smallest absolute Gasteiger partial charge is 0.138 e. The van der Waals surface area contributed by atoms with Crippen molar-refractivity contribution in [3.63, 3.8) is 0 Å². The van der Waals surface area contributed by atoms with Crippen LogP contribution in [0.2, 0.25) is 0 Å². The molecule has 0 aromatic heterocycles. The lowest BCUT2D eigenvalue weighted by molar-refractivity contribution is -0.124. The number of aliphatic hydroxyl groups excluding tert-OH is 1. The molecular weight excluding hydrogens is 549 g/mol. The molecule has 2 N–H and O–H groups in total. The number of nitrogens with zero attached hydrogens (tertiary/aromatic N) is 2. The van der Waals surface area contributed by atoms with Crippen molar-refractivity contribution in [3.05, 3.63) is 34.6 Å². The maximum Gasteiger partial charge on any atom is 0.138 e. The molecule has 5 nitrogen and oxygen atoms in total.